The molecule has 2 aromatic carbocycles. The molecule has 144 valence electrons. The van der Waals surface area contributed by atoms with Crippen LogP contribution in [-0.2, 0) is 4.74 Å². The van der Waals surface area contributed by atoms with Crippen LogP contribution in [0.4, 0.5) is 0 Å². The molecule has 1 N–H and O–H groups in total. The van der Waals surface area contributed by atoms with Crippen LogP contribution >= 0.6 is 0 Å². The Kier molecular flexibility index (Phi) is 5.74. The topological polar surface area (TPSA) is 90.4 Å². The zero-order valence-corrected chi connectivity index (χ0v) is 15.6. The number of carbonyl (C=O) groups excluding carboxylic acids is 2. The molecule has 7 heteroatoms. The number of ether oxygens (including phenoxy) is 2. The van der Waals surface area contributed by atoms with Crippen LogP contribution in [0.2, 0.25) is 0 Å². The van der Waals surface area contributed by atoms with Crippen molar-refractivity contribution >= 4 is 11.8 Å². The summed E-state index contributed by atoms with van der Waals surface area (Å²) in [5.74, 6) is -0.237. The van der Waals surface area contributed by atoms with Crippen LogP contribution < -0.4 is 10.4 Å². The molecule has 0 radical (unpaired) electrons. The Hall–Kier alpha value is -3.61. The van der Waals surface area contributed by atoms with Crippen LogP contribution in [0.25, 0.3) is 5.69 Å². The monoisotopic (exact) mass is 380 g/mol. The first-order valence-electron chi connectivity index (χ1n) is 8.80. The van der Waals surface area contributed by atoms with Gasteiger partial charge in [-0.3, -0.25) is 9.36 Å². The van der Waals surface area contributed by atoms with Gasteiger partial charge in [-0.1, -0.05) is 0 Å². The molecule has 1 heterocycles. The zero-order chi connectivity index (χ0) is 20.1. The van der Waals surface area contributed by atoms with Crippen LogP contribution in [0.3, 0.4) is 0 Å². The van der Waals surface area contributed by atoms with Crippen molar-refractivity contribution in [3.05, 3.63) is 82.0 Å². The lowest BCUT2D eigenvalue weighted by Gasteiger charge is -2.07. The summed E-state index contributed by atoms with van der Waals surface area (Å²) in [7, 11) is 0. The van der Waals surface area contributed by atoms with Gasteiger partial charge in [-0.2, -0.15) is 0 Å². The van der Waals surface area contributed by atoms with Gasteiger partial charge >= 0.3 is 11.7 Å². The van der Waals surface area contributed by atoms with E-state index in [1.165, 1.54) is 4.57 Å². The molecule has 28 heavy (non-hydrogen) atoms. The molecule has 7 nitrogen and oxygen atoms in total. The van der Waals surface area contributed by atoms with Gasteiger partial charge in [-0.15, -0.1) is 0 Å². The normalized spacial score (nSPS) is 10.5. The van der Waals surface area contributed by atoms with Crippen molar-refractivity contribution in [2.24, 2.45) is 0 Å². The third-order valence-corrected chi connectivity index (χ3v) is 4.14. The van der Waals surface area contributed by atoms with Crippen molar-refractivity contribution in [3.8, 4) is 11.4 Å². The first-order valence-corrected chi connectivity index (χ1v) is 8.80. The lowest BCUT2D eigenvalue weighted by Crippen LogP contribution is -2.16. The predicted molar refractivity (Wildman–Crippen MR) is 103 cm³/mol. The number of hydrogen-bond donors (Lipinski definition) is 1. The number of ketones is 1. The van der Waals surface area contributed by atoms with E-state index in [0.717, 1.165) is 5.69 Å². The number of aromatic amines is 1. The summed E-state index contributed by atoms with van der Waals surface area (Å²) in [5, 5.41) is 0. The highest BCUT2D eigenvalue weighted by Gasteiger charge is 2.13. The van der Waals surface area contributed by atoms with Gasteiger partial charge < -0.3 is 14.5 Å². The predicted octanol–water partition coefficient (Wildman–Crippen LogP) is 2.91. The quantitative estimate of drug-likeness (QED) is 0.503. The van der Waals surface area contributed by atoms with E-state index in [2.05, 4.69) is 4.98 Å². The lowest BCUT2D eigenvalue weighted by molar-refractivity contribution is 0.0474. The maximum Gasteiger partial charge on any atom is 0.338 e. The van der Waals surface area contributed by atoms with Crippen molar-refractivity contribution in [1.82, 2.24) is 9.55 Å². The van der Waals surface area contributed by atoms with Crippen LogP contribution in [0.15, 0.2) is 59.5 Å². The standard InChI is InChI=1S/C21H20N2O5/c1-3-27-18-10-6-15(7-11-18)19(24)13-28-20(25)16-4-8-17(9-5-16)23-14(2)12-22-21(23)26/h4-12H,3,13H2,1-2H3,(H,22,26). The van der Waals surface area contributed by atoms with E-state index in [-0.39, 0.29) is 18.1 Å². The van der Waals surface area contributed by atoms with Gasteiger partial charge in [0.2, 0.25) is 0 Å². The highest BCUT2D eigenvalue weighted by atomic mass is 16.5. The number of aryl methyl sites for hydroxylation is 1. The SMILES string of the molecule is CCOc1ccc(C(=O)COC(=O)c2ccc(-n3c(C)c[nH]c3=O)cc2)cc1. The summed E-state index contributed by atoms with van der Waals surface area (Å²) in [5.41, 5.74) is 1.86. The molecular weight excluding hydrogens is 360 g/mol. The Morgan fingerprint density at radius 3 is 2.21 bits per heavy atom. The minimum atomic E-state index is -0.607. The molecule has 0 aliphatic rings. The molecule has 0 unspecified atom stereocenters. The van der Waals surface area contributed by atoms with Crippen LogP contribution in [-0.4, -0.2) is 34.5 Å². The number of aromatic nitrogens is 2. The van der Waals surface area contributed by atoms with Crippen molar-refractivity contribution in [1.29, 1.82) is 0 Å². The van der Waals surface area contributed by atoms with Crippen molar-refractivity contribution < 1.29 is 19.1 Å². The fourth-order valence-electron chi connectivity index (χ4n) is 2.72. The Balaban J connectivity index is 1.61. The zero-order valence-electron chi connectivity index (χ0n) is 15.6. The van der Waals surface area contributed by atoms with Crippen LogP contribution in [0.5, 0.6) is 5.75 Å². The van der Waals surface area contributed by atoms with Crippen molar-refractivity contribution in [2.75, 3.05) is 13.2 Å². The van der Waals surface area contributed by atoms with Crippen LogP contribution in [0, 0.1) is 6.92 Å². The Morgan fingerprint density at radius 1 is 1.00 bits per heavy atom. The second-order valence-corrected chi connectivity index (χ2v) is 6.07. The largest absolute Gasteiger partial charge is 0.494 e. The number of H-pyrrole nitrogens is 1. The van der Waals surface area contributed by atoms with Gasteiger partial charge in [-0.05, 0) is 62.4 Å². The molecule has 0 saturated heterocycles. The summed E-state index contributed by atoms with van der Waals surface area (Å²) in [6, 6.07) is 13.1. The molecule has 0 bridgehead atoms. The number of esters is 1. The number of nitrogens with one attached hydrogen (secondary N) is 1. The minimum Gasteiger partial charge on any atom is -0.494 e. The number of hydrogen-bond acceptors (Lipinski definition) is 5. The third kappa shape index (κ3) is 4.20. The number of rotatable bonds is 7. The summed E-state index contributed by atoms with van der Waals surface area (Å²) < 4.78 is 11.9. The first kappa shape index (κ1) is 19.2. The Morgan fingerprint density at radius 2 is 1.64 bits per heavy atom. The smallest absolute Gasteiger partial charge is 0.338 e. The van der Waals surface area contributed by atoms with E-state index in [1.807, 2.05) is 6.92 Å². The maximum absolute atomic E-state index is 12.2. The maximum atomic E-state index is 12.2. The van der Waals surface area contributed by atoms with Gasteiger partial charge in [0.05, 0.1) is 17.9 Å². The van der Waals surface area contributed by atoms with Gasteiger partial charge in [0, 0.05) is 17.5 Å². The van der Waals surface area contributed by atoms with Crippen molar-refractivity contribution in [2.45, 2.75) is 13.8 Å². The second kappa shape index (κ2) is 8.39. The van der Waals surface area contributed by atoms with E-state index < -0.39 is 5.97 Å². The molecule has 0 aliphatic carbocycles. The second-order valence-electron chi connectivity index (χ2n) is 6.07. The minimum absolute atomic E-state index is 0.256. The average molecular weight is 380 g/mol. The molecule has 3 aromatic rings. The highest BCUT2D eigenvalue weighted by Crippen LogP contribution is 2.14. The van der Waals surface area contributed by atoms with E-state index in [0.29, 0.717) is 29.2 Å². The summed E-state index contributed by atoms with van der Waals surface area (Å²) >= 11 is 0. The number of Topliss-reactive ketones (excluding diaryl/α,β-unsaturated/α-hetero) is 1. The Labute approximate surface area is 161 Å². The Bertz CT molecular complexity index is 1030. The number of imidazole rings is 1. The fraction of sp³-hybridized carbons (Fsp3) is 0.190. The third-order valence-electron chi connectivity index (χ3n) is 4.14. The molecular formula is C21H20N2O5. The summed E-state index contributed by atoms with van der Waals surface area (Å²) in [4.78, 5) is 38.8. The first-order chi connectivity index (χ1) is 13.5. The number of benzene rings is 2. The van der Waals surface area contributed by atoms with Gasteiger partial charge in [-0.25, -0.2) is 9.59 Å². The van der Waals surface area contributed by atoms with Gasteiger partial charge in [0.15, 0.2) is 12.4 Å². The summed E-state index contributed by atoms with van der Waals surface area (Å²) in [6.45, 7) is 3.86. The molecule has 0 fully saturated rings. The molecule has 0 aliphatic heterocycles. The van der Waals surface area contributed by atoms with E-state index >= 15 is 0 Å². The van der Waals surface area contributed by atoms with Gasteiger partial charge in [0.1, 0.15) is 5.75 Å². The van der Waals surface area contributed by atoms with Crippen molar-refractivity contribution in [3.63, 3.8) is 0 Å². The molecule has 0 atom stereocenters. The number of carbonyl (C=O) groups is 2. The molecule has 0 amide bonds. The van der Waals surface area contributed by atoms with Crippen LogP contribution in [0.1, 0.15) is 33.3 Å². The van der Waals surface area contributed by atoms with E-state index in [9.17, 15) is 14.4 Å². The van der Waals surface area contributed by atoms with E-state index in [1.54, 1.807) is 61.7 Å². The van der Waals surface area contributed by atoms with Gasteiger partial charge in [0.25, 0.3) is 0 Å². The summed E-state index contributed by atoms with van der Waals surface area (Å²) in [6.07, 6.45) is 1.61. The molecule has 0 saturated carbocycles. The van der Waals surface area contributed by atoms with E-state index in [4.69, 9.17) is 9.47 Å². The molecule has 1 aromatic heterocycles. The molecule has 0 spiro atoms. The number of nitrogens with zero attached hydrogens (tertiary/aromatic N) is 1. The highest BCUT2D eigenvalue weighted by molar-refractivity contribution is 5.99. The fourth-order valence-corrected chi connectivity index (χ4v) is 2.72. The average Bonchev–Trinajstić information content (AvgIpc) is 3.05. The molecule has 3 rings (SSSR count). The lowest BCUT2D eigenvalue weighted by atomic mass is 10.1.